The predicted octanol–water partition coefficient (Wildman–Crippen LogP) is -1.79. The van der Waals surface area contributed by atoms with Gasteiger partial charge >= 0.3 is 0 Å². The fraction of sp³-hybridized carbons (Fsp3) is 0.143. The number of tetrazole rings is 1. The Labute approximate surface area is 95.0 Å². The van der Waals surface area contributed by atoms with Crippen LogP contribution in [0.25, 0.3) is 0 Å². The van der Waals surface area contributed by atoms with Gasteiger partial charge in [0, 0.05) is 0 Å². The molecule has 0 saturated carbocycles. The predicted molar refractivity (Wildman–Crippen MR) is 55.2 cm³/mol. The highest BCUT2D eigenvalue weighted by atomic mass is 16.1. The molecule has 0 aromatic carbocycles. The van der Waals surface area contributed by atoms with Crippen molar-refractivity contribution < 1.29 is 4.79 Å². The number of H-pyrrole nitrogens is 1. The molecule has 2 heterocycles. The number of nitrogen functional groups attached to an aromatic ring is 1. The molecule has 0 spiro atoms. The summed E-state index contributed by atoms with van der Waals surface area (Å²) in [5.41, 5.74) is 2.44. The Morgan fingerprint density at radius 2 is 2.35 bits per heavy atom. The Morgan fingerprint density at radius 1 is 1.47 bits per heavy atom. The molecule has 0 aliphatic rings. The Balaban J connectivity index is 1.99. The lowest BCUT2D eigenvalue weighted by Crippen LogP contribution is -2.25. The lowest BCUT2D eigenvalue weighted by molar-refractivity contribution is 0.0944. The smallest absolute Gasteiger partial charge is 0.271 e. The van der Waals surface area contributed by atoms with Gasteiger partial charge in [-0.1, -0.05) is 5.21 Å². The molecule has 10 nitrogen and oxygen atoms in total. The van der Waals surface area contributed by atoms with E-state index in [1.807, 2.05) is 0 Å². The van der Waals surface area contributed by atoms with Crippen molar-refractivity contribution in [3.63, 3.8) is 0 Å². The molecule has 0 aliphatic heterocycles. The van der Waals surface area contributed by atoms with Crippen LogP contribution in [0, 0.1) is 0 Å². The van der Waals surface area contributed by atoms with Crippen molar-refractivity contribution in [2.45, 2.75) is 6.54 Å². The highest BCUT2D eigenvalue weighted by molar-refractivity contribution is 5.92. The second kappa shape index (κ2) is 4.94. The maximum Gasteiger partial charge on any atom is 0.271 e. The largest absolute Gasteiger partial charge is 0.343 e. The molecular weight excluding hydrogens is 226 g/mol. The fourth-order valence-corrected chi connectivity index (χ4v) is 1.05. The highest BCUT2D eigenvalue weighted by Gasteiger charge is 2.09. The molecule has 0 unspecified atom stereocenters. The SMILES string of the molecule is NNc1cncc(C(=O)NCc2nn[nH]n2)n1. The normalized spacial score (nSPS) is 9.94. The van der Waals surface area contributed by atoms with Crippen molar-refractivity contribution in [1.29, 1.82) is 0 Å². The Morgan fingerprint density at radius 3 is 3.06 bits per heavy atom. The summed E-state index contributed by atoms with van der Waals surface area (Å²) >= 11 is 0. The Bertz CT molecular complexity index is 496. The first kappa shape index (κ1) is 10.9. The minimum Gasteiger partial charge on any atom is -0.343 e. The number of nitrogens with one attached hydrogen (secondary N) is 3. The molecule has 2 aromatic heterocycles. The number of hydrogen-bond acceptors (Lipinski definition) is 8. The molecule has 0 atom stereocenters. The highest BCUT2D eigenvalue weighted by Crippen LogP contribution is 1.99. The second-order valence-corrected chi connectivity index (χ2v) is 2.94. The van der Waals surface area contributed by atoms with Crippen LogP contribution in [0.3, 0.4) is 0 Å². The molecular formula is C7H9N9O. The molecule has 5 N–H and O–H groups in total. The Kier molecular flexibility index (Phi) is 3.16. The number of hydrazine groups is 1. The third-order valence-corrected chi connectivity index (χ3v) is 1.81. The number of nitrogens with two attached hydrogens (primary N) is 1. The van der Waals surface area contributed by atoms with Crippen LogP contribution in [0.1, 0.15) is 16.3 Å². The van der Waals surface area contributed by atoms with Crippen LogP contribution in [-0.2, 0) is 6.54 Å². The van der Waals surface area contributed by atoms with E-state index >= 15 is 0 Å². The first-order valence-electron chi connectivity index (χ1n) is 4.59. The number of carbonyl (C=O) groups excluding carboxylic acids is 1. The number of aromatic nitrogens is 6. The molecule has 0 saturated heterocycles. The molecule has 88 valence electrons. The van der Waals surface area contributed by atoms with E-state index in [-0.39, 0.29) is 12.2 Å². The van der Waals surface area contributed by atoms with Gasteiger partial charge in [0.2, 0.25) is 0 Å². The zero-order valence-corrected chi connectivity index (χ0v) is 8.58. The minimum atomic E-state index is -0.403. The molecule has 0 fully saturated rings. The van der Waals surface area contributed by atoms with Crippen LogP contribution >= 0.6 is 0 Å². The third kappa shape index (κ3) is 2.69. The molecule has 0 bridgehead atoms. The van der Waals surface area contributed by atoms with Crippen molar-refractivity contribution >= 4 is 11.7 Å². The van der Waals surface area contributed by atoms with E-state index < -0.39 is 5.91 Å². The number of anilines is 1. The van der Waals surface area contributed by atoms with Gasteiger partial charge in [0.1, 0.15) is 5.69 Å². The maximum absolute atomic E-state index is 11.6. The number of carbonyl (C=O) groups is 1. The van der Waals surface area contributed by atoms with Crippen LogP contribution < -0.4 is 16.6 Å². The first-order chi connectivity index (χ1) is 8.29. The average Bonchev–Trinajstić information content (AvgIpc) is 2.89. The van der Waals surface area contributed by atoms with Crippen molar-refractivity contribution in [2.75, 3.05) is 5.43 Å². The lowest BCUT2D eigenvalue weighted by Gasteiger charge is -2.03. The van der Waals surface area contributed by atoms with Gasteiger partial charge < -0.3 is 10.7 Å². The third-order valence-electron chi connectivity index (χ3n) is 1.81. The van der Waals surface area contributed by atoms with E-state index in [1.54, 1.807) is 0 Å². The van der Waals surface area contributed by atoms with Gasteiger partial charge in [-0.05, 0) is 0 Å². The molecule has 0 aliphatic carbocycles. The zero-order chi connectivity index (χ0) is 12.1. The quantitative estimate of drug-likeness (QED) is 0.358. The Hall–Kier alpha value is -2.62. The summed E-state index contributed by atoms with van der Waals surface area (Å²) in [5.74, 6) is 5.43. The summed E-state index contributed by atoms with van der Waals surface area (Å²) in [4.78, 5) is 19.4. The average molecular weight is 235 g/mol. The van der Waals surface area contributed by atoms with Gasteiger partial charge in [-0.2, -0.15) is 5.21 Å². The standard InChI is InChI=1S/C7H9N9O/c8-12-5-2-9-1-4(11-5)7(17)10-3-6-13-15-16-14-6/h1-2H,3,8H2,(H,10,17)(H,11,12)(H,13,14,15,16). The van der Waals surface area contributed by atoms with Crippen molar-refractivity contribution in [2.24, 2.45) is 5.84 Å². The van der Waals surface area contributed by atoms with Crippen LogP contribution in [-0.4, -0.2) is 36.5 Å². The summed E-state index contributed by atoms with van der Waals surface area (Å²) < 4.78 is 0. The molecule has 1 amide bonds. The van der Waals surface area contributed by atoms with Crippen LogP contribution in [0.2, 0.25) is 0 Å². The van der Waals surface area contributed by atoms with E-state index in [0.717, 1.165) is 0 Å². The van der Waals surface area contributed by atoms with Gasteiger partial charge in [-0.25, -0.2) is 10.8 Å². The summed E-state index contributed by atoms with van der Waals surface area (Å²) in [7, 11) is 0. The van der Waals surface area contributed by atoms with Gasteiger partial charge in [0.05, 0.1) is 18.9 Å². The monoisotopic (exact) mass is 235 g/mol. The van der Waals surface area contributed by atoms with E-state index in [1.165, 1.54) is 12.4 Å². The molecule has 0 radical (unpaired) electrons. The van der Waals surface area contributed by atoms with Crippen LogP contribution in [0.4, 0.5) is 5.82 Å². The zero-order valence-electron chi connectivity index (χ0n) is 8.58. The summed E-state index contributed by atoms with van der Waals surface area (Å²) in [6.07, 6.45) is 2.72. The van der Waals surface area contributed by atoms with Gasteiger partial charge in [0.25, 0.3) is 5.91 Å². The summed E-state index contributed by atoms with van der Waals surface area (Å²) in [6, 6.07) is 0. The maximum atomic E-state index is 11.6. The molecule has 2 rings (SSSR count). The topological polar surface area (TPSA) is 147 Å². The molecule has 2 aromatic rings. The molecule has 10 heteroatoms. The van der Waals surface area contributed by atoms with Crippen molar-refractivity contribution in [1.82, 2.24) is 35.9 Å². The number of rotatable bonds is 4. The van der Waals surface area contributed by atoms with E-state index in [2.05, 4.69) is 41.3 Å². The van der Waals surface area contributed by atoms with Gasteiger partial charge in [0.15, 0.2) is 11.6 Å². The second-order valence-electron chi connectivity index (χ2n) is 2.94. The number of hydrogen-bond donors (Lipinski definition) is 4. The number of nitrogens with zero attached hydrogens (tertiary/aromatic N) is 5. The van der Waals surface area contributed by atoms with Crippen molar-refractivity contribution in [3.05, 3.63) is 23.9 Å². The minimum absolute atomic E-state index is 0.143. The van der Waals surface area contributed by atoms with E-state index in [0.29, 0.717) is 11.6 Å². The van der Waals surface area contributed by atoms with E-state index in [9.17, 15) is 4.79 Å². The molecule has 17 heavy (non-hydrogen) atoms. The van der Waals surface area contributed by atoms with Crippen LogP contribution in [0.5, 0.6) is 0 Å². The lowest BCUT2D eigenvalue weighted by atomic mass is 10.4. The summed E-state index contributed by atoms with van der Waals surface area (Å²) in [6.45, 7) is 0.150. The number of amides is 1. The van der Waals surface area contributed by atoms with Gasteiger partial charge in [-0.3, -0.25) is 9.78 Å². The fourth-order valence-electron chi connectivity index (χ4n) is 1.05. The van der Waals surface area contributed by atoms with Crippen LogP contribution in [0.15, 0.2) is 12.4 Å². The van der Waals surface area contributed by atoms with E-state index in [4.69, 9.17) is 5.84 Å². The first-order valence-corrected chi connectivity index (χ1v) is 4.59. The number of aromatic amines is 1. The summed E-state index contributed by atoms with van der Waals surface area (Å²) in [5, 5.41) is 15.6. The van der Waals surface area contributed by atoms with Gasteiger partial charge in [-0.15, -0.1) is 10.2 Å². The van der Waals surface area contributed by atoms with Crippen molar-refractivity contribution in [3.8, 4) is 0 Å².